The molecule has 0 atom stereocenters. The lowest BCUT2D eigenvalue weighted by Gasteiger charge is -2.12. The second kappa shape index (κ2) is 6.05. The second-order valence-corrected chi connectivity index (χ2v) is 7.12. The van der Waals surface area contributed by atoms with Gasteiger partial charge in [0.15, 0.2) is 0 Å². The van der Waals surface area contributed by atoms with Crippen LogP contribution in [0.4, 0.5) is 5.69 Å². The number of nitrogens with zero attached hydrogens (tertiary/aromatic N) is 3. The average Bonchev–Trinajstić information content (AvgIpc) is 2.79. The lowest BCUT2D eigenvalue weighted by atomic mass is 10.2. The van der Waals surface area contributed by atoms with Crippen LogP contribution in [0.15, 0.2) is 35.7 Å². The Balaban J connectivity index is 2.38. The number of hydrogen-bond acceptors (Lipinski definition) is 3. The van der Waals surface area contributed by atoms with Crippen LogP contribution in [0, 0.1) is 6.92 Å². The van der Waals surface area contributed by atoms with Crippen LogP contribution in [-0.4, -0.2) is 24.3 Å². The maximum atomic E-state index is 5.91. The lowest BCUT2D eigenvalue weighted by molar-refractivity contribution is 0.582. The third kappa shape index (κ3) is 3.57. The molecule has 1 radical (unpaired) electrons. The van der Waals surface area contributed by atoms with E-state index >= 15 is 0 Å². The van der Waals surface area contributed by atoms with Gasteiger partial charge in [0.2, 0.25) is 0 Å². The van der Waals surface area contributed by atoms with E-state index in [0.29, 0.717) is 0 Å². The fraction of sp³-hybridized carbons (Fsp3) is 0.333. The second-order valence-electron chi connectivity index (χ2n) is 5.10. The molecule has 0 N–H and O–H groups in total. The Hall–Kier alpha value is -1.88. The van der Waals surface area contributed by atoms with E-state index in [1.807, 2.05) is 36.9 Å². The molecule has 105 valence electrons. The molecule has 0 fully saturated rings. The summed E-state index contributed by atoms with van der Waals surface area (Å²) in [6.07, 6.45) is 3.74. The Bertz CT molecular complexity index is 632. The van der Waals surface area contributed by atoms with Crippen LogP contribution in [0.25, 0.3) is 0 Å². The third-order valence-corrected chi connectivity index (χ3v) is 3.42. The maximum absolute atomic E-state index is 5.91. The van der Waals surface area contributed by atoms with E-state index in [-0.39, 0.29) is 0 Å². The Kier molecular flexibility index (Phi) is 4.39. The fourth-order valence-electron chi connectivity index (χ4n) is 1.86. The van der Waals surface area contributed by atoms with E-state index in [1.54, 1.807) is 6.33 Å². The van der Waals surface area contributed by atoms with Crippen LogP contribution in [-0.2, 0) is 7.05 Å². The van der Waals surface area contributed by atoms with Gasteiger partial charge in [-0.25, -0.2) is 9.98 Å². The van der Waals surface area contributed by atoms with Crippen LogP contribution >= 0.6 is 0 Å². The molecule has 0 aliphatic heterocycles. The highest BCUT2D eigenvalue weighted by Crippen LogP contribution is 2.29. The highest BCUT2D eigenvalue weighted by atomic mass is 28.3. The van der Waals surface area contributed by atoms with E-state index in [1.165, 1.54) is 5.56 Å². The third-order valence-electron chi connectivity index (χ3n) is 2.79. The molecule has 2 aromatic rings. The highest BCUT2D eigenvalue weighted by Gasteiger charge is 2.08. The van der Waals surface area contributed by atoms with Gasteiger partial charge in [-0.3, -0.25) is 0 Å². The zero-order chi connectivity index (χ0) is 14.7. The smallest absolute Gasteiger partial charge is 0.274 e. The van der Waals surface area contributed by atoms with Gasteiger partial charge in [-0.05, 0) is 44.6 Å². The molecule has 0 aliphatic rings. The van der Waals surface area contributed by atoms with Crippen molar-refractivity contribution in [2.75, 3.05) is 0 Å². The molecule has 1 aromatic heterocycles. The molecule has 4 nitrogen and oxygen atoms in total. The predicted octanol–water partition coefficient (Wildman–Crippen LogP) is 3.50. The lowest BCUT2D eigenvalue weighted by Crippen LogP contribution is -2.11. The topological polar surface area (TPSA) is 39.4 Å². The molecule has 0 saturated carbocycles. The molecule has 0 spiro atoms. The minimum absolute atomic E-state index is 0.806. The quantitative estimate of drug-likeness (QED) is 0.637. The normalized spacial score (nSPS) is 12.0. The maximum Gasteiger partial charge on any atom is 0.274 e. The summed E-state index contributed by atoms with van der Waals surface area (Å²) in [5, 5.41) is 0. The van der Waals surface area contributed by atoms with Crippen molar-refractivity contribution in [1.29, 1.82) is 0 Å². The molecule has 2 rings (SSSR count). The molecule has 0 unspecified atom stereocenters. The van der Waals surface area contributed by atoms with Gasteiger partial charge in [0.1, 0.15) is 17.1 Å². The summed E-state index contributed by atoms with van der Waals surface area (Å²) in [4.78, 5) is 9.01. The largest absolute Gasteiger partial charge is 0.541 e. The van der Waals surface area contributed by atoms with Crippen molar-refractivity contribution in [2.45, 2.75) is 26.9 Å². The van der Waals surface area contributed by atoms with Gasteiger partial charge in [-0.15, -0.1) is 0 Å². The first-order chi connectivity index (χ1) is 9.45. The first kappa shape index (κ1) is 14.5. The first-order valence-electron chi connectivity index (χ1n) is 6.58. The van der Waals surface area contributed by atoms with Gasteiger partial charge >= 0.3 is 0 Å². The Labute approximate surface area is 121 Å². The van der Waals surface area contributed by atoms with Crippen molar-refractivity contribution in [1.82, 2.24) is 9.55 Å². The van der Waals surface area contributed by atoms with Crippen molar-refractivity contribution >= 4 is 20.4 Å². The van der Waals surface area contributed by atoms with E-state index in [0.717, 1.165) is 22.8 Å². The van der Waals surface area contributed by atoms with Gasteiger partial charge in [0.25, 0.3) is 9.04 Å². The SMILES string of the molecule is CC(=Nc1cc(C)ccc1O[Si](C)C)c1cn(C)cn1. The van der Waals surface area contributed by atoms with Crippen molar-refractivity contribution in [3.05, 3.63) is 42.0 Å². The molecular formula is C15H20N3OSi. The molecule has 0 bridgehead atoms. The zero-order valence-corrected chi connectivity index (χ0v) is 13.6. The fourth-order valence-corrected chi connectivity index (χ4v) is 2.47. The molecule has 5 heteroatoms. The molecular weight excluding hydrogens is 266 g/mol. The highest BCUT2D eigenvalue weighted by molar-refractivity contribution is 6.49. The van der Waals surface area contributed by atoms with Gasteiger partial charge in [-0.1, -0.05) is 6.07 Å². The molecule has 1 aromatic carbocycles. The van der Waals surface area contributed by atoms with E-state index in [4.69, 9.17) is 4.43 Å². The van der Waals surface area contributed by atoms with Crippen LogP contribution in [0.3, 0.4) is 0 Å². The Morgan fingerprint density at radius 3 is 2.70 bits per heavy atom. The van der Waals surface area contributed by atoms with Crippen LogP contribution in [0.2, 0.25) is 13.1 Å². The Morgan fingerprint density at radius 2 is 2.10 bits per heavy atom. The number of hydrogen-bond donors (Lipinski definition) is 0. The molecule has 1 heterocycles. The number of aliphatic imine (C=N–C) groups is 1. The number of benzene rings is 1. The van der Waals surface area contributed by atoms with Crippen molar-refractivity contribution in [3.63, 3.8) is 0 Å². The van der Waals surface area contributed by atoms with Crippen LogP contribution in [0.1, 0.15) is 18.2 Å². The number of rotatable bonds is 4. The van der Waals surface area contributed by atoms with Gasteiger partial charge in [0.05, 0.1) is 12.0 Å². The van der Waals surface area contributed by atoms with E-state index in [2.05, 4.69) is 36.1 Å². The van der Waals surface area contributed by atoms with Gasteiger partial charge in [-0.2, -0.15) is 0 Å². The summed E-state index contributed by atoms with van der Waals surface area (Å²) < 4.78 is 7.83. The van der Waals surface area contributed by atoms with Crippen LogP contribution < -0.4 is 4.43 Å². The first-order valence-corrected chi connectivity index (χ1v) is 8.99. The average molecular weight is 286 g/mol. The summed E-state index contributed by atoms with van der Waals surface area (Å²) in [7, 11) is 1.15. The van der Waals surface area contributed by atoms with Gasteiger partial charge in [0, 0.05) is 13.2 Å². The minimum atomic E-state index is -0.806. The summed E-state index contributed by atoms with van der Waals surface area (Å²) in [6, 6.07) is 6.10. The summed E-state index contributed by atoms with van der Waals surface area (Å²) in [5.41, 5.74) is 3.82. The zero-order valence-electron chi connectivity index (χ0n) is 12.6. The molecule has 0 saturated heterocycles. The predicted molar refractivity (Wildman–Crippen MR) is 84.4 cm³/mol. The molecule has 0 amide bonds. The van der Waals surface area contributed by atoms with Crippen molar-refractivity contribution in [2.24, 2.45) is 12.0 Å². The summed E-state index contributed by atoms with van der Waals surface area (Å²) in [5.74, 6) is 0.852. The monoisotopic (exact) mass is 286 g/mol. The van der Waals surface area contributed by atoms with Crippen molar-refractivity contribution < 1.29 is 4.43 Å². The number of aromatic nitrogens is 2. The standard InChI is InChI=1S/C15H20N3OSi/c1-11-6-7-15(19-20(4)5)13(8-11)17-12(2)14-9-18(3)10-16-14/h6-10H,1-5H3. The molecule has 0 aliphatic carbocycles. The number of imidazole rings is 1. The summed E-state index contributed by atoms with van der Waals surface area (Å²) in [6.45, 7) is 8.26. The van der Waals surface area contributed by atoms with E-state index in [9.17, 15) is 0 Å². The Morgan fingerprint density at radius 1 is 1.35 bits per heavy atom. The van der Waals surface area contributed by atoms with E-state index < -0.39 is 9.04 Å². The molecule has 20 heavy (non-hydrogen) atoms. The van der Waals surface area contributed by atoms with Gasteiger partial charge < -0.3 is 8.99 Å². The van der Waals surface area contributed by atoms with Crippen LogP contribution in [0.5, 0.6) is 5.75 Å². The van der Waals surface area contributed by atoms with Crippen molar-refractivity contribution in [3.8, 4) is 5.75 Å². The minimum Gasteiger partial charge on any atom is -0.541 e. The summed E-state index contributed by atoms with van der Waals surface area (Å²) >= 11 is 0. The number of aryl methyl sites for hydroxylation is 2.